The number of carbonyl (C=O) groups is 2. The van der Waals surface area contributed by atoms with E-state index in [1.165, 1.54) is 0 Å². The highest BCUT2D eigenvalue weighted by molar-refractivity contribution is 6.30. The zero-order chi connectivity index (χ0) is 21.5. The monoisotopic (exact) mass is 438 g/mol. The number of halogens is 1. The van der Waals surface area contributed by atoms with Gasteiger partial charge in [-0.15, -0.1) is 0 Å². The van der Waals surface area contributed by atoms with Gasteiger partial charge in [-0.25, -0.2) is 4.98 Å². The molecule has 0 radical (unpaired) electrons. The molecule has 160 valence electrons. The van der Waals surface area contributed by atoms with E-state index < -0.39 is 0 Å². The van der Waals surface area contributed by atoms with Gasteiger partial charge in [-0.1, -0.05) is 16.8 Å². The lowest BCUT2D eigenvalue weighted by Crippen LogP contribution is -2.38. The molecule has 0 unspecified atom stereocenters. The van der Waals surface area contributed by atoms with Crippen LogP contribution in [0.15, 0.2) is 34.9 Å². The largest absolute Gasteiger partial charge is 0.355 e. The summed E-state index contributed by atoms with van der Waals surface area (Å²) >= 11 is 5.93. The molecule has 1 aliphatic heterocycles. The first-order valence-electron chi connectivity index (χ1n) is 10.6. The summed E-state index contributed by atoms with van der Waals surface area (Å²) < 4.78 is 5.58. The Morgan fingerprint density at radius 3 is 2.45 bits per heavy atom. The van der Waals surface area contributed by atoms with Gasteiger partial charge in [-0.05, 0) is 56.0 Å². The van der Waals surface area contributed by atoms with Crippen molar-refractivity contribution < 1.29 is 14.1 Å². The van der Waals surface area contributed by atoms with Crippen LogP contribution in [-0.4, -0.2) is 47.0 Å². The number of likely N-dealkylation sites (tertiary alicyclic amines) is 1. The molecule has 31 heavy (non-hydrogen) atoms. The van der Waals surface area contributed by atoms with Crippen molar-refractivity contribution >= 4 is 34.5 Å². The van der Waals surface area contributed by atoms with Crippen molar-refractivity contribution in [1.82, 2.24) is 20.4 Å². The minimum atomic E-state index is -0.158. The quantitative estimate of drug-likeness (QED) is 0.661. The van der Waals surface area contributed by atoms with Crippen LogP contribution in [-0.2, 0) is 0 Å². The number of rotatable bonds is 4. The molecule has 1 N–H and O–H groups in total. The lowest BCUT2D eigenvalue weighted by atomic mass is 9.90. The SMILES string of the molecule is CNC(=O)c1cc(C2CC2)nc2onc(C3CCN(C(=O)c4ccc(Cl)cc4)CC3)c12. The van der Waals surface area contributed by atoms with Crippen LogP contribution in [0.5, 0.6) is 0 Å². The maximum atomic E-state index is 12.8. The molecular weight excluding hydrogens is 416 g/mol. The third-order valence-corrected chi connectivity index (χ3v) is 6.47. The molecule has 2 fully saturated rings. The Morgan fingerprint density at radius 2 is 1.81 bits per heavy atom. The summed E-state index contributed by atoms with van der Waals surface area (Å²) in [6, 6.07) is 8.85. The summed E-state index contributed by atoms with van der Waals surface area (Å²) in [5.41, 5.74) is 3.30. The number of amides is 2. The van der Waals surface area contributed by atoms with Crippen LogP contribution in [0.1, 0.15) is 69.6 Å². The molecule has 1 aromatic carbocycles. The predicted molar refractivity (Wildman–Crippen MR) is 116 cm³/mol. The standard InChI is InChI=1S/C23H23ClN4O3/c1-25-21(29)17-12-18(13-2-3-13)26-22-19(17)20(27-31-22)14-8-10-28(11-9-14)23(30)15-4-6-16(24)7-5-15/h4-7,12-14H,2-3,8-11H2,1H3,(H,25,29). The van der Waals surface area contributed by atoms with Crippen LogP contribution in [0.25, 0.3) is 11.1 Å². The fourth-order valence-corrected chi connectivity index (χ4v) is 4.43. The fourth-order valence-electron chi connectivity index (χ4n) is 4.30. The van der Waals surface area contributed by atoms with Crippen LogP contribution < -0.4 is 5.32 Å². The van der Waals surface area contributed by atoms with E-state index in [2.05, 4.69) is 15.5 Å². The van der Waals surface area contributed by atoms with Crippen molar-refractivity contribution in [1.29, 1.82) is 0 Å². The van der Waals surface area contributed by atoms with E-state index in [9.17, 15) is 9.59 Å². The van der Waals surface area contributed by atoms with E-state index in [0.29, 0.717) is 46.3 Å². The Labute approximate surface area is 184 Å². The van der Waals surface area contributed by atoms with Crippen LogP contribution in [0.3, 0.4) is 0 Å². The molecule has 5 rings (SSSR count). The van der Waals surface area contributed by atoms with Gasteiger partial charge >= 0.3 is 0 Å². The van der Waals surface area contributed by atoms with E-state index in [0.717, 1.165) is 37.1 Å². The second-order valence-corrected chi connectivity index (χ2v) is 8.71. The van der Waals surface area contributed by atoms with E-state index in [1.807, 2.05) is 11.0 Å². The zero-order valence-electron chi connectivity index (χ0n) is 17.2. The Kier molecular flexibility index (Phi) is 5.14. The van der Waals surface area contributed by atoms with Gasteiger partial charge in [0.2, 0.25) is 0 Å². The highest BCUT2D eigenvalue weighted by Gasteiger charge is 2.32. The number of benzene rings is 1. The van der Waals surface area contributed by atoms with Gasteiger partial charge in [0.25, 0.3) is 17.5 Å². The molecule has 3 heterocycles. The molecular formula is C23H23ClN4O3. The highest BCUT2D eigenvalue weighted by Crippen LogP contribution is 2.41. The van der Waals surface area contributed by atoms with Crippen molar-refractivity contribution in [3.05, 3.63) is 57.9 Å². The topological polar surface area (TPSA) is 88.3 Å². The number of hydrogen-bond donors (Lipinski definition) is 1. The Balaban J connectivity index is 1.39. The molecule has 0 spiro atoms. The minimum absolute atomic E-state index is 0.00178. The number of piperidine rings is 1. The van der Waals surface area contributed by atoms with Gasteiger partial charge in [-0.2, -0.15) is 0 Å². The lowest BCUT2D eigenvalue weighted by molar-refractivity contribution is 0.0711. The van der Waals surface area contributed by atoms with Crippen molar-refractivity contribution in [3.63, 3.8) is 0 Å². The van der Waals surface area contributed by atoms with Crippen molar-refractivity contribution in [2.75, 3.05) is 20.1 Å². The number of pyridine rings is 1. The van der Waals surface area contributed by atoms with Gasteiger partial charge in [0.1, 0.15) is 0 Å². The van der Waals surface area contributed by atoms with Gasteiger partial charge in [0.15, 0.2) is 0 Å². The molecule has 1 aliphatic carbocycles. The summed E-state index contributed by atoms with van der Waals surface area (Å²) in [5, 5.41) is 8.35. The number of fused-ring (bicyclic) bond motifs is 1. The summed E-state index contributed by atoms with van der Waals surface area (Å²) in [7, 11) is 1.62. The van der Waals surface area contributed by atoms with E-state index in [1.54, 1.807) is 31.3 Å². The molecule has 7 nitrogen and oxygen atoms in total. The summed E-state index contributed by atoms with van der Waals surface area (Å²) in [5.74, 6) is 0.354. The molecule has 0 bridgehead atoms. The lowest BCUT2D eigenvalue weighted by Gasteiger charge is -2.31. The summed E-state index contributed by atoms with van der Waals surface area (Å²) in [4.78, 5) is 31.9. The van der Waals surface area contributed by atoms with Gasteiger partial charge < -0.3 is 14.7 Å². The normalized spacial score (nSPS) is 17.2. The Bertz CT molecular complexity index is 1150. The fraction of sp³-hybridized carbons (Fsp3) is 0.391. The average molecular weight is 439 g/mol. The summed E-state index contributed by atoms with van der Waals surface area (Å²) in [6.07, 6.45) is 3.68. The first-order chi connectivity index (χ1) is 15.0. The van der Waals surface area contributed by atoms with Crippen LogP contribution in [0.2, 0.25) is 5.02 Å². The number of hydrogen-bond acceptors (Lipinski definition) is 5. The predicted octanol–water partition coefficient (Wildman–Crippen LogP) is 4.13. The van der Waals surface area contributed by atoms with Crippen molar-refractivity contribution in [3.8, 4) is 0 Å². The average Bonchev–Trinajstić information content (AvgIpc) is 3.57. The highest BCUT2D eigenvalue weighted by atomic mass is 35.5. The smallest absolute Gasteiger partial charge is 0.259 e. The molecule has 1 saturated heterocycles. The number of nitrogens with one attached hydrogen (secondary N) is 1. The third kappa shape index (κ3) is 3.78. The molecule has 1 saturated carbocycles. The van der Waals surface area contributed by atoms with Gasteiger partial charge in [-0.3, -0.25) is 9.59 Å². The van der Waals surface area contributed by atoms with Crippen LogP contribution in [0, 0.1) is 0 Å². The Hall–Kier alpha value is -2.93. The number of carbonyl (C=O) groups excluding carboxylic acids is 2. The van der Waals surface area contributed by atoms with Crippen molar-refractivity contribution in [2.45, 2.75) is 37.5 Å². The van der Waals surface area contributed by atoms with Crippen molar-refractivity contribution in [2.24, 2.45) is 0 Å². The van der Waals surface area contributed by atoms with Crippen LogP contribution in [0.4, 0.5) is 0 Å². The second-order valence-electron chi connectivity index (χ2n) is 8.27. The van der Waals surface area contributed by atoms with E-state index >= 15 is 0 Å². The number of nitrogens with zero attached hydrogens (tertiary/aromatic N) is 3. The third-order valence-electron chi connectivity index (χ3n) is 6.22. The zero-order valence-corrected chi connectivity index (χ0v) is 18.0. The second kappa shape index (κ2) is 7.96. The number of aromatic nitrogens is 2. The first kappa shape index (κ1) is 20.0. The molecule has 2 aromatic heterocycles. The minimum Gasteiger partial charge on any atom is -0.355 e. The molecule has 2 amide bonds. The summed E-state index contributed by atoms with van der Waals surface area (Å²) in [6.45, 7) is 1.23. The molecule has 3 aromatic rings. The van der Waals surface area contributed by atoms with Gasteiger partial charge in [0.05, 0.1) is 16.6 Å². The van der Waals surface area contributed by atoms with Gasteiger partial charge in [0, 0.05) is 48.3 Å². The van der Waals surface area contributed by atoms with E-state index in [-0.39, 0.29) is 17.7 Å². The maximum Gasteiger partial charge on any atom is 0.259 e. The molecule has 0 atom stereocenters. The first-order valence-corrected chi connectivity index (χ1v) is 11.0. The van der Waals surface area contributed by atoms with Crippen LogP contribution >= 0.6 is 11.6 Å². The Morgan fingerprint density at radius 1 is 1.10 bits per heavy atom. The molecule has 8 heteroatoms. The molecule has 2 aliphatic rings. The maximum absolute atomic E-state index is 12.8. The van der Waals surface area contributed by atoms with E-state index in [4.69, 9.17) is 16.1 Å².